The molecule has 2 heterocycles. The molecule has 0 unspecified atom stereocenters. The number of aromatic amines is 1. The Labute approximate surface area is 155 Å². The van der Waals surface area contributed by atoms with Crippen LogP contribution in [0.4, 0.5) is 0 Å². The Kier molecular flexibility index (Phi) is 4.29. The molecule has 0 bridgehead atoms. The molecule has 0 aliphatic carbocycles. The van der Waals surface area contributed by atoms with E-state index >= 15 is 0 Å². The summed E-state index contributed by atoms with van der Waals surface area (Å²) in [5.74, 6) is 0.00274. The average molecular weight is 365 g/mol. The summed E-state index contributed by atoms with van der Waals surface area (Å²) < 4.78 is 0. The van der Waals surface area contributed by atoms with Crippen molar-refractivity contribution in [1.29, 1.82) is 0 Å². The summed E-state index contributed by atoms with van der Waals surface area (Å²) in [6, 6.07) is 11.9. The molecule has 0 fully saturated rings. The number of benzene rings is 2. The van der Waals surface area contributed by atoms with Gasteiger partial charge in [0.25, 0.3) is 5.56 Å². The number of nitrogens with zero attached hydrogens (tertiary/aromatic N) is 2. The maximum atomic E-state index is 12.6. The van der Waals surface area contributed by atoms with Gasteiger partial charge in [-0.1, -0.05) is 30.3 Å². The number of nitrogens with one attached hydrogen (secondary N) is 1. The number of phenolic OH excluding ortho intramolecular Hbond substituents is 3. The fourth-order valence-electron chi connectivity index (χ4n) is 3.36. The lowest BCUT2D eigenvalue weighted by atomic mass is 10.0. The highest BCUT2D eigenvalue weighted by Crippen LogP contribution is 2.33. The summed E-state index contributed by atoms with van der Waals surface area (Å²) in [4.78, 5) is 22.0. The number of phenols is 3. The minimum absolute atomic E-state index is 0.176. The van der Waals surface area contributed by atoms with Gasteiger partial charge in [-0.25, -0.2) is 4.98 Å². The van der Waals surface area contributed by atoms with Crippen molar-refractivity contribution in [3.63, 3.8) is 0 Å². The predicted molar refractivity (Wildman–Crippen MR) is 99.5 cm³/mol. The number of fused-ring (bicyclic) bond motifs is 1. The van der Waals surface area contributed by atoms with E-state index < -0.39 is 0 Å². The molecule has 7 heteroatoms. The fourth-order valence-corrected chi connectivity index (χ4v) is 3.36. The zero-order valence-electron chi connectivity index (χ0n) is 14.5. The number of rotatable bonds is 3. The monoisotopic (exact) mass is 365 g/mol. The second-order valence-electron chi connectivity index (χ2n) is 6.63. The van der Waals surface area contributed by atoms with Crippen molar-refractivity contribution in [2.24, 2.45) is 0 Å². The van der Waals surface area contributed by atoms with Crippen LogP contribution in [0.3, 0.4) is 0 Å². The Hall–Kier alpha value is -3.32. The molecule has 138 valence electrons. The van der Waals surface area contributed by atoms with E-state index in [1.54, 1.807) is 0 Å². The number of H-pyrrole nitrogens is 1. The van der Waals surface area contributed by atoms with Crippen LogP contribution < -0.4 is 5.56 Å². The third-order valence-electron chi connectivity index (χ3n) is 4.76. The molecule has 27 heavy (non-hydrogen) atoms. The van der Waals surface area contributed by atoms with E-state index in [1.807, 2.05) is 35.2 Å². The Morgan fingerprint density at radius 3 is 2.48 bits per heavy atom. The van der Waals surface area contributed by atoms with Crippen molar-refractivity contribution in [2.75, 3.05) is 6.54 Å². The molecule has 4 N–H and O–H groups in total. The molecule has 4 rings (SSSR count). The van der Waals surface area contributed by atoms with E-state index in [2.05, 4.69) is 9.97 Å². The summed E-state index contributed by atoms with van der Waals surface area (Å²) in [5, 5.41) is 29.4. The summed E-state index contributed by atoms with van der Waals surface area (Å²) in [5.41, 5.74) is 2.37. The lowest BCUT2D eigenvalue weighted by Gasteiger charge is -2.28. The van der Waals surface area contributed by atoms with Gasteiger partial charge >= 0.3 is 0 Å². The molecule has 0 saturated heterocycles. The van der Waals surface area contributed by atoms with E-state index in [0.717, 1.165) is 11.3 Å². The van der Waals surface area contributed by atoms with Crippen LogP contribution in [0.1, 0.15) is 16.8 Å². The summed E-state index contributed by atoms with van der Waals surface area (Å²) in [6.07, 6.45) is 0.596. The van der Waals surface area contributed by atoms with Crippen molar-refractivity contribution in [3.8, 4) is 28.6 Å². The second-order valence-corrected chi connectivity index (χ2v) is 6.63. The maximum absolute atomic E-state index is 12.6. The smallest absolute Gasteiger partial charge is 0.255 e. The van der Waals surface area contributed by atoms with Gasteiger partial charge in [-0.15, -0.1) is 0 Å². The first-order valence-corrected chi connectivity index (χ1v) is 8.65. The van der Waals surface area contributed by atoms with Gasteiger partial charge in [-0.2, -0.15) is 0 Å². The van der Waals surface area contributed by atoms with Crippen LogP contribution in [0.15, 0.2) is 47.3 Å². The van der Waals surface area contributed by atoms with Gasteiger partial charge in [-0.05, 0) is 0 Å². The quantitative estimate of drug-likeness (QED) is 0.566. The van der Waals surface area contributed by atoms with Crippen molar-refractivity contribution < 1.29 is 15.3 Å². The predicted octanol–water partition coefficient (Wildman–Crippen LogP) is 2.11. The lowest BCUT2D eigenvalue weighted by Crippen LogP contribution is -2.35. The first-order valence-electron chi connectivity index (χ1n) is 8.65. The molecular formula is C20H19N3O4. The van der Waals surface area contributed by atoms with Gasteiger partial charge < -0.3 is 20.3 Å². The maximum Gasteiger partial charge on any atom is 0.255 e. The molecule has 1 aliphatic rings. The highest BCUT2D eigenvalue weighted by molar-refractivity contribution is 5.55. The number of aromatic hydroxyl groups is 3. The third kappa shape index (κ3) is 3.37. The van der Waals surface area contributed by atoms with Gasteiger partial charge in [0.2, 0.25) is 0 Å². The standard InChI is InChI=1S/C20H19N3O4/c24-13-8-17(25)15(18(26)9-13)11-23-7-6-16-14(10-23)20(27)22-19(21-16)12-4-2-1-3-5-12/h1-5,8-9,24-26H,6-7,10-11H2,(H,21,22,27). The minimum atomic E-state index is -0.202. The molecule has 0 radical (unpaired) electrons. The largest absolute Gasteiger partial charge is 0.508 e. The summed E-state index contributed by atoms with van der Waals surface area (Å²) in [7, 11) is 0. The number of hydrogen-bond acceptors (Lipinski definition) is 6. The van der Waals surface area contributed by atoms with Gasteiger partial charge in [0.1, 0.15) is 23.1 Å². The zero-order chi connectivity index (χ0) is 19.0. The first-order chi connectivity index (χ1) is 13.0. The van der Waals surface area contributed by atoms with E-state index in [1.165, 1.54) is 12.1 Å². The SMILES string of the molecule is O=c1[nH]c(-c2ccccc2)nc2c1CN(Cc1c(O)cc(O)cc1O)CC2. The molecule has 3 aromatic rings. The highest BCUT2D eigenvalue weighted by atomic mass is 16.3. The average Bonchev–Trinajstić information content (AvgIpc) is 2.65. The Morgan fingerprint density at radius 1 is 1.07 bits per heavy atom. The summed E-state index contributed by atoms with van der Waals surface area (Å²) in [6.45, 7) is 1.27. The minimum Gasteiger partial charge on any atom is -0.508 e. The molecule has 2 aromatic carbocycles. The topological polar surface area (TPSA) is 110 Å². The zero-order valence-corrected chi connectivity index (χ0v) is 14.5. The molecule has 1 aromatic heterocycles. The van der Waals surface area contributed by atoms with Crippen LogP contribution in [0, 0.1) is 0 Å². The lowest BCUT2D eigenvalue weighted by molar-refractivity contribution is 0.235. The van der Waals surface area contributed by atoms with Crippen LogP contribution in [0.2, 0.25) is 0 Å². The van der Waals surface area contributed by atoms with Crippen LogP contribution in [-0.4, -0.2) is 36.7 Å². The van der Waals surface area contributed by atoms with Crippen molar-refractivity contribution in [2.45, 2.75) is 19.5 Å². The van der Waals surface area contributed by atoms with Crippen LogP contribution in [-0.2, 0) is 19.5 Å². The molecule has 0 atom stereocenters. The van der Waals surface area contributed by atoms with E-state index in [-0.39, 0.29) is 29.4 Å². The van der Waals surface area contributed by atoms with Gasteiger partial charge in [0.15, 0.2) is 0 Å². The van der Waals surface area contributed by atoms with Crippen LogP contribution in [0.5, 0.6) is 17.2 Å². The second kappa shape index (κ2) is 6.77. The molecule has 0 saturated carbocycles. The normalized spacial score (nSPS) is 14.1. The first kappa shape index (κ1) is 17.1. The number of hydrogen-bond donors (Lipinski definition) is 4. The molecule has 0 spiro atoms. The fraction of sp³-hybridized carbons (Fsp3) is 0.200. The third-order valence-corrected chi connectivity index (χ3v) is 4.76. The molecule has 1 aliphatic heterocycles. The Bertz CT molecular complexity index is 1020. The van der Waals surface area contributed by atoms with Crippen LogP contribution in [0.25, 0.3) is 11.4 Å². The van der Waals surface area contributed by atoms with E-state index in [9.17, 15) is 20.1 Å². The molecule has 0 amide bonds. The molecule has 7 nitrogen and oxygen atoms in total. The highest BCUT2D eigenvalue weighted by Gasteiger charge is 2.23. The van der Waals surface area contributed by atoms with E-state index in [0.29, 0.717) is 36.5 Å². The van der Waals surface area contributed by atoms with Crippen molar-refractivity contribution in [3.05, 3.63) is 69.6 Å². The molecular weight excluding hydrogens is 346 g/mol. The number of aromatic nitrogens is 2. The van der Waals surface area contributed by atoms with E-state index in [4.69, 9.17) is 0 Å². The van der Waals surface area contributed by atoms with Gasteiger partial charge in [0.05, 0.1) is 11.3 Å². The van der Waals surface area contributed by atoms with Crippen molar-refractivity contribution >= 4 is 0 Å². The summed E-state index contributed by atoms with van der Waals surface area (Å²) >= 11 is 0. The van der Waals surface area contributed by atoms with Gasteiger partial charge in [0, 0.05) is 49.3 Å². The van der Waals surface area contributed by atoms with Gasteiger partial charge in [-0.3, -0.25) is 9.69 Å². The van der Waals surface area contributed by atoms with Crippen LogP contribution >= 0.6 is 0 Å². The Morgan fingerprint density at radius 2 is 1.78 bits per heavy atom. The Balaban J connectivity index is 1.60. The van der Waals surface area contributed by atoms with Crippen molar-refractivity contribution in [1.82, 2.24) is 14.9 Å².